The number of halogens is 3. The van der Waals surface area contributed by atoms with Crippen LogP contribution in [-0.2, 0) is 4.79 Å². The molecule has 1 rings (SSSR count). The highest BCUT2D eigenvalue weighted by molar-refractivity contribution is 5.73. The number of alkyl halides is 3. The number of carboxylic acids is 1. The zero-order valence-corrected chi connectivity index (χ0v) is 10.0. The van der Waals surface area contributed by atoms with E-state index in [1.807, 2.05) is 0 Å². The molecule has 102 valence electrons. The van der Waals surface area contributed by atoms with E-state index in [4.69, 9.17) is 9.90 Å². The number of hydrogen-bond acceptors (Lipinski definition) is 3. The maximum Gasteiger partial charge on any atom is 0.490 e. The van der Waals surface area contributed by atoms with Gasteiger partial charge in [0.2, 0.25) is 0 Å². The summed E-state index contributed by atoms with van der Waals surface area (Å²) >= 11 is 0. The maximum absolute atomic E-state index is 10.6. The number of likely N-dealkylation sites (N-methyl/N-ethyl adjacent to an activating group) is 1. The zero-order chi connectivity index (χ0) is 13.5. The van der Waals surface area contributed by atoms with Crippen LogP contribution >= 0.6 is 0 Å². The van der Waals surface area contributed by atoms with Gasteiger partial charge in [-0.3, -0.25) is 4.90 Å². The van der Waals surface area contributed by atoms with Gasteiger partial charge < -0.3 is 10.4 Å². The van der Waals surface area contributed by atoms with Gasteiger partial charge in [0, 0.05) is 25.7 Å². The van der Waals surface area contributed by atoms with Gasteiger partial charge in [-0.1, -0.05) is 13.8 Å². The fourth-order valence-corrected chi connectivity index (χ4v) is 1.62. The van der Waals surface area contributed by atoms with E-state index in [0.717, 1.165) is 6.04 Å². The Labute approximate surface area is 98.8 Å². The zero-order valence-electron chi connectivity index (χ0n) is 10.0. The lowest BCUT2D eigenvalue weighted by atomic mass is 10.1. The molecule has 0 aliphatic carbocycles. The second-order valence-corrected chi connectivity index (χ2v) is 3.70. The van der Waals surface area contributed by atoms with Crippen LogP contribution in [0.2, 0.25) is 0 Å². The summed E-state index contributed by atoms with van der Waals surface area (Å²) in [6.45, 7) is 9.30. The molecule has 0 radical (unpaired) electrons. The van der Waals surface area contributed by atoms with Crippen molar-refractivity contribution >= 4 is 5.97 Å². The molecule has 1 saturated heterocycles. The van der Waals surface area contributed by atoms with Gasteiger partial charge in [-0.05, 0) is 13.0 Å². The van der Waals surface area contributed by atoms with Gasteiger partial charge in [0.15, 0.2) is 0 Å². The lowest BCUT2D eigenvalue weighted by Crippen LogP contribution is -2.50. The number of piperazine rings is 1. The number of aliphatic carboxylic acids is 1. The second kappa shape index (κ2) is 7.50. The van der Waals surface area contributed by atoms with Crippen LogP contribution in [0.4, 0.5) is 13.2 Å². The molecule has 0 amide bonds. The van der Waals surface area contributed by atoms with E-state index in [0.29, 0.717) is 0 Å². The minimum atomic E-state index is -5.08. The van der Waals surface area contributed by atoms with Gasteiger partial charge in [-0.15, -0.1) is 0 Å². The standard InChI is InChI=1S/C8H18N2.C2HF3O2/c1-3-8-7-9-5-6-10(8)4-2;3-2(4,5)1(6)7/h8-9H,3-7H2,1-2H3;(H,6,7)/t8-;/m0./s1. The van der Waals surface area contributed by atoms with E-state index in [1.165, 1.54) is 32.6 Å². The first-order valence-electron chi connectivity index (χ1n) is 5.57. The lowest BCUT2D eigenvalue weighted by Gasteiger charge is -2.34. The molecular formula is C10H19F3N2O2. The Bertz CT molecular complexity index is 222. The average Bonchev–Trinajstić information content (AvgIpc) is 2.28. The molecule has 7 heteroatoms. The molecule has 0 aromatic rings. The predicted octanol–water partition coefficient (Wildman–Crippen LogP) is 1.32. The smallest absolute Gasteiger partial charge is 0.475 e. The molecule has 0 unspecified atom stereocenters. The summed E-state index contributed by atoms with van der Waals surface area (Å²) in [7, 11) is 0. The van der Waals surface area contributed by atoms with Gasteiger partial charge in [0.1, 0.15) is 0 Å². The molecule has 1 fully saturated rings. The summed E-state index contributed by atoms with van der Waals surface area (Å²) in [5.41, 5.74) is 0. The van der Waals surface area contributed by atoms with Crippen molar-refractivity contribution in [2.75, 3.05) is 26.2 Å². The summed E-state index contributed by atoms with van der Waals surface area (Å²) in [5.74, 6) is -2.76. The van der Waals surface area contributed by atoms with E-state index < -0.39 is 12.1 Å². The first-order valence-corrected chi connectivity index (χ1v) is 5.57. The van der Waals surface area contributed by atoms with Crippen LogP contribution < -0.4 is 5.32 Å². The summed E-state index contributed by atoms with van der Waals surface area (Å²) in [6, 6.07) is 0.791. The third-order valence-corrected chi connectivity index (χ3v) is 2.59. The van der Waals surface area contributed by atoms with Crippen molar-refractivity contribution in [3.8, 4) is 0 Å². The molecule has 1 heterocycles. The van der Waals surface area contributed by atoms with E-state index >= 15 is 0 Å². The van der Waals surface area contributed by atoms with Crippen molar-refractivity contribution in [1.82, 2.24) is 10.2 Å². The Kier molecular flexibility index (Phi) is 7.13. The maximum atomic E-state index is 10.6. The fourth-order valence-electron chi connectivity index (χ4n) is 1.62. The first kappa shape index (κ1) is 16.2. The minimum Gasteiger partial charge on any atom is -0.475 e. The lowest BCUT2D eigenvalue weighted by molar-refractivity contribution is -0.192. The monoisotopic (exact) mass is 256 g/mol. The van der Waals surface area contributed by atoms with Crippen LogP contribution in [0.25, 0.3) is 0 Å². The Morgan fingerprint density at radius 1 is 1.47 bits per heavy atom. The normalized spacial score (nSPS) is 21.6. The van der Waals surface area contributed by atoms with Crippen molar-refractivity contribution < 1.29 is 23.1 Å². The Morgan fingerprint density at radius 3 is 2.29 bits per heavy atom. The molecule has 17 heavy (non-hydrogen) atoms. The van der Waals surface area contributed by atoms with E-state index in [1.54, 1.807) is 0 Å². The summed E-state index contributed by atoms with van der Waals surface area (Å²) < 4.78 is 31.7. The SMILES string of the molecule is CC[C@H]1CNCCN1CC.O=C(O)C(F)(F)F. The molecule has 1 aliphatic heterocycles. The van der Waals surface area contributed by atoms with Crippen LogP contribution in [0.3, 0.4) is 0 Å². The van der Waals surface area contributed by atoms with Crippen LogP contribution in [0.15, 0.2) is 0 Å². The summed E-state index contributed by atoms with van der Waals surface area (Å²) in [5, 5.41) is 10.5. The molecule has 0 bridgehead atoms. The molecule has 4 nitrogen and oxygen atoms in total. The van der Waals surface area contributed by atoms with Crippen LogP contribution in [-0.4, -0.2) is 54.4 Å². The third kappa shape index (κ3) is 6.48. The highest BCUT2D eigenvalue weighted by atomic mass is 19.4. The summed E-state index contributed by atoms with van der Waals surface area (Å²) in [6.07, 6.45) is -3.80. The van der Waals surface area contributed by atoms with Gasteiger partial charge in [0.05, 0.1) is 0 Å². The number of carbonyl (C=O) groups is 1. The van der Waals surface area contributed by atoms with Crippen molar-refractivity contribution in [1.29, 1.82) is 0 Å². The van der Waals surface area contributed by atoms with Crippen molar-refractivity contribution in [3.05, 3.63) is 0 Å². The van der Waals surface area contributed by atoms with Gasteiger partial charge in [0.25, 0.3) is 0 Å². The molecule has 0 aromatic heterocycles. The first-order chi connectivity index (χ1) is 7.82. The van der Waals surface area contributed by atoms with Crippen molar-refractivity contribution in [2.24, 2.45) is 0 Å². The number of nitrogens with zero attached hydrogens (tertiary/aromatic N) is 1. The van der Waals surface area contributed by atoms with Crippen molar-refractivity contribution in [3.63, 3.8) is 0 Å². The van der Waals surface area contributed by atoms with E-state index in [-0.39, 0.29) is 0 Å². The number of rotatable bonds is 2. The van der Waals surface area contributed by atoms with E-state index in [2.05, 4.69) is 24.1 Å². The number of carboxylic acid groups (broad SMARTS) is 1. The predicted molar refractivity (Wildman–Crippen MR) is 57.9 cm³/mol. The second-order valence-electron chi connectivity index (χ2n) is 3.70. The quantitative estimate of drug-likeness (QED) is 0.782. The average molecular weight is 256 g/mol. The molecule has 0 aromatic carbocycles. The van der Waals surface area contributed by atoms with E-state index in [9.17, 15) is 13.2 Å². The summed E-state index contributed by atoms with van der Waals surface area (Å²) in [4.78, 5) is 11.4. The number of nitrogens with one attached hydrogen (secondary N) is 1. The Balaban J connectivity index is 0.000000325. The highest BCUT2D eigenvalue weighted by Crippen LogP contribution is 2.13. The van der Waals surface area contributed by atoms with Gasteiger partial charge in [-0.25, -0.2) is 4.79 Å². The molecule has 0 saturated carbocycles. The Morgan fingerprint density at radius 2 is 2.00 bits per heavy atom. The van der Waals surface area contributed by atoms with Crippen LogP contribution in [0.1, 0.15) is 20.3 Å². The molecular weight excluding hydrogens is 237 g/mol. The fraction of sp³-hybridized carbons (Fsp3) is 0.900. The van der Waals surface area contributed by atoms with Gasteiger partial charge in [-0.2, -0.15) is 13.2 Å². The minimum absolute atomic E-state index is 0.791. The molecule has 1 atom stereocenters. The number of hydrogen-bond donors (Lipinski definition) is 2. The third-order valence-electron chi connectivity index (χ3n) is 2.59. The van der Waals surface area contributed by atoms with Crippen LogP contribution in [0.5, 0.6) is 0 Å². The molecule has 2 N–H and O–H groups in total. The molecule has 1 aliphatic rings. The van der Waals surface area contributed by atoms with Crippen LogP contribution in [0, 0.1) is 0 Å². The van der Waals surface area contributed by atoms with Gasteiger partial charge >= 0.3 is 12.1 Å². The largest absolute Gasteiger partial charge is 0.490 e. The van der Waals surface area contributed by atoms with Crippen molar-refractivity contribution in [2.45, 2.75) is 32.5 Å². The highest BCUT2D eigenvalue weighted by Gasteiger charge is 2.38. The topological polar surface area (TPSA) is 52.6 Å². The molecule has 0 spiro atoms. The Hall–Kier alpha value is -0.820.